The molecule has 0 radical (unpaired) electrons. The van der Waals surface area contributed by atoms with Gasteiger partial charge in [-0.05, 0) is 62.4 Å². The number of aromatic hydroxyl groups is 1. The molecule has 1 aromatic carbocycles. The number of aryl methyl sites for hydroxylation is 3. The molecule has 0 saturated heterocycles. The number of nitrogens with one attached hydrogen (secondary N) is 1. The third-order valence-electron chi connectivity index (χ3n) is 4.87. The van der Waals surface area contributed by atoms with Gasteiger partial charge < -0.3 is 5.11 Å². The first kappa shape index (κ1) is 18.6. The molecule has 1 aliphatic rings. The van der Waals surface area contributed by atoms with Gasteiger partial charge in [-0.1, -0.05) is 19.3 Å². The van der Waals surface area contributed by atoms with Crippen molar-refractivity contribution >= 4 is 23.5 Å². The van der Waals surface area contributed by atoms with Crippen LogP contribution in [0.2, 0.25) is 0 Å². The number of amides is 1. The number of benzene rings is 1. The standard InChI is InChI=1S/C20H25N3O2S/c1-12-9-15(10-13(2)17(12)24)11-21-23-19(25)18-14(3)22-20(26-18)16-7-5-4-6-8-16/h9-11,16,24H,4-8H2,1-3H3,(H,23,25)/b21-11+. The lowest BCUT2D eigenvalue weighted by atomic mass is 9.90. The van der Waals surface area contributed by atoms with Crippen molar-refractivity contribution in [1.82, 2.24) is 10.4 Å². The van der Waals surface area contributed by atoms with Gasteiger partial charge >= 0.3 is 0 Å². The zero-order chi connectivity index (χ0) is 18.7. The predicted molar refractivity (Wildman–Crippen MR) is 105 cm³/mol. The number of hydrogen-bond donors (Lipinski definition) is 2. The van der Waals surface area contributed by atoms with Crippen molar-refractivity contribution in [1.29, 1.82) is 0 Å². The molecule has 0 unspecified atom stereocenters. The van der Waals surface area contributed by atoms with Crippen LogP contribution in [0.3, 0.4) is 0 Å². The topological polar surface area (TPSA) is 74.6 Å². The van der Waals surface area contributed by atoms with Gasteiger partial charge in [-0.25, -0.2) is 10.4 Å². The number of hydrogen-bond acceptors (Lipinski definition) is 5. The molecule has 1 fully saturated rings. The number of thiazole rings is 1. The van der Waals surface area contributed by atoms with Crippen LogP contribution >= 0.6 is 11.3 Å². The summed E-state index contributed by atoms with van der Waals surface area (Å²) in [6.45, 7) is 5.56. The molecular weight excluding hydrogens is 346 g/mol. The zero-order valence-corrected chi connectivity index (χ0v) is 16.3. The van der Waals surface area contributed by atoms with Gasteiger partial charge in [0.1, 0.15) is 10.6 Å². The highest BCUT2D eigenvalue weighted by molar-refractivity contribution is 7.13. The Morgan fingerprint density at radius 1 is 1.23 bits per heavy atom. The quantitative estimate of drug-likeness (QED) is 0.610. The van der Waals surface area contributed by atoms with Crippen LogP contribution in [0.15, 0.2) is 17.2 Å². The molecule has 0 spiro atoms. The van der Waals surface area contributed by atoms with Crippen LogP contribution in [-0.2, 0) is 0 Å². The third kappa shape index (κ3) is 4.12. The number of rotatable bonds is 4. The highest BCUT2D eigenvalue weighted by Gasteiger charge is 2.22. The summed E-state index contributed by atoms with van der Waals surface area (Å²) < 4.78 is 0. The molecule has 1 heterocycles. The highest BCUT2D eigenvalue weighted by atomic mass is 32.1. The first-order valence-corrected chi connectivity index (χ1v) is 9.88. The van der Waals surface area contributed by atoms with Crippen molar-refractivity contribution in [2.45, 2.75) is 58.8 Å². The van der Waals surface area contributed by atoms with Gasteiger partial charge in [-0.2, -0.15) is 5.10 Å². The number of phenolic OH excluding ortho intramolecular Hbond substituents is 1. The van der Waals surface area contributed by atoms with E-state index in [1.807, 2.05) is 32.9 Å². The lowest BCUT2D eigenvalue weighted by Gasteiger charge is -2.18. The smallest absolute Gasteiger partial charge is 0.283 e. The van der Waals surface area contributed by atoms with Gasteiger partial charge in [0.2, 0.25) is 0 Å². The van der Waals surface area contributed by atoms with Crippen LogP contribution in [-0.4, -0.2) is 22.2 Å². The fourth-order valence-corrected chi connectivity index (χ4v) is 4.56. The number of carbonyl (C=O) groups excluding carboxylic acids is 1. The lowest BCUT2D eigenvalue weighted by molar-refractivity contribution is 0.0958. The Morgan fingerprint density at radius 3 is 2.54 bits per heavy atom. The second-order valence-electron chi connectivity index (χ2n) is 7.00. The molecule has 0 aliphatic heterocycles. The molecular formula is C20H25N3O2S. The van der Waals surface area contributed by atoms with E-state index in [1.165, 1.54) is 43.4 Å². The summed E-state index contributed by atoms with van der Waals surface area (Å²) in [5.74, 6) is 0.577. The van der Waals surface area contributed by atoms with Crippen LogP contribution < -0.4 is 5.43 Å². The summed E-state index contributed by atoms with van der Waals surface area (Å²) in [5.41, 5.74) is 5.78. The van der Waals surface area contributed by atoms with Crippen molar-refractivity contribution in [3.8, 4) is 5.75 Å². The van der Waals surface area contributed by atoms with Gasteiger partial charge in [-0.15, -0.1) is 11.3 Å². The molecule has 1 aliphatic carbocycles. The molecule has 0 atom stereocenters. The Kier molecular flexibility index (Phi) is 5.71. The predicted octanol–water partition coefficient (Wildman–Crippen LogP) is 4.59. The number of hydrazone groups is 1. The molecule has 2 N–H and O–H groups in total. The zero-order valence-electron chi connectivity index (χ0n) is 15.5. The summed E-state index contributed by atoms with van der Waals surface area (Å²) in [5, 5.41) is 15.0. The lowest BCUT2D eigenvalue weighted by Crippen LogP contribution is -2.17. The Bertz CT molecular complexity index is 813. The van der Waals surface area contributed by atoms with E-state index in [-0.39, 0.29) is 5.91 Å². The van der Waals surface area contributed by atoms with E-state index < -0.39 is 0 Å². The molecule has 26 heavy (non-hydrogen) atoms. The van der Waals surface area contributed by atoms with E-state index in [0.29, 0.717) is 16.5 Å². The van der Waals surface area contributed by atoms with Crippen molar-refractivity contribution in [3.05, 3.63) is 44.4 Å². The van der Waals surface area contributed by atoms with Crippen LogP contribution in [0.1, 0.15) is 75.1 Å². The molecule has 1 amide bonds. The second kappa shape index (κ2) is 7.99. The molecule has 138 valence electrons. The summed E-state index contributed by atoms with van der Waals surface area (Å²) >= 11 is 1.50. The van der Waals surface area contributed by atoms with Crippen molar-refractivity contribution in [2.24, 2.45) is 5.10 Å². The highest BCUT2D eigenvalue weighted by Crippen LogP contribution is 2.35. The normalized spacial score (nSPS) is 15.5. The van der Waals surface area contributed by atoms with E-state index in [1.54, 1.807) is 6.21 Å². The fraction of sp³-hybridized carbons (Fsp3) is 0.450. The Labute approximate surface area is 158 Å². The van der Waals surface area contributed by atoms with E-state index in [2.05, 4.69) is 15.5 Å². The van der Waals surface area contributed by atoms with Gasteiger partial charge in [0.25, 0.3) is 5.91 Å². The van der Waals surface area contributed by atoms with E-state index in [0.717, 1.165) is 27.4 Å². The first-order valence-electron chi connectivity index (χ1n) is 9.06. The molecule has 1 aromatic heterocycles. The summed E-state index contributed by atoms with van der Waals surface area (Å²) in [4.78, 5) is 17.7. The van der Waals surface area contributed by atoms with E-state index >= 15 is 0 Å². The molecule has 3 rings (SSSR count). The van der Waals surface area contributed by atoms with E-state index in [9.17, 15) is 9.90 Å². The number of aromatic nitrogens is 1. The minimum Gasteiger partial charge on any atom is -0.507 e. The van der Waals surface area contributed by atoms with Gasteiger partial charge in [-0.3, -0.25) is 4.79 Å². The summed E-state index contributed by atoms with van der Waals surface area (Å²) in [7, 11) is 0. The Hall–Kier alpha value is -2.21. The maximum Gasteiger partial charge on any atom is 0.283 e. The van der Waals surface area contributed by atoms with Crippen molar-refractivity contribution < 1.29 is 9.90 Å². The Morgan fingerprint density at radius 2 is 1.88 bits per heavy atom. The number of nitrogens with zero attached hydrogens (tertiary/aromatic N) is 2. The van der Waals surface area contributed by atoms with Crippen molar-refractivity contribution in [3.63, 3.8) is 0 Å². The van der Waals surface area contributed by atoms with Crippen LogP contribution in [0, 0.1) is 20.8 Å². The van der Waals surface area contributed by atoms with Crippen LogP contribution in [0.4, 0.5) is 0 Å². The maximum atomic E-state index is 12.4. The maximum absolute atomic E-state index is 12.4. The van der Waals surface area contributed by atoms with Crippen LogP contribution in [0.5, 0.6) is 5.75 Å². The van der Waals surface area contributed by atoms with E-state index in [4.69, 9.17) is 0 Å². The fourth-order valence-electron chi connectivity index (χ4n) is 3.43. The monoisotopic (exact) mass is 371 g/mol. The van der Waals surface area contributed by atoms with Gasteiger partial charge in [0.05, 0.1) is 16.9 Å². The second-order valence-corrected chi connectivity index (χ2v) is 8.03. The molecule has 5 nitrogen and oxygen atoms in total. The molecule has 0 bridgehead atoms. The summed E-state index contributed by atoms with van der Waals surface area (Å²) in [6.07, 6.45) is 7.74. The molecule has 1 saturated carbocycles. The largest absolute Gasteiger partial charge is 0.507 e. The molecule has 6 heteroatoms. The minimum atomic E-state index is -0.217. The third-order valence-corrected chi connectivity index (χ3v) is 6.19. The first-order chi connectivity index (χ1) is 12.5. The SMILES string of the molecule is Cc1cc(/C=N/NC(=O)c2sc(C3CCCCC3)nc2C)cc(C)c1O. The molecule has 2 aromatic rings. The average Bonchev–Trinajstić information content (AvgIpc) is 3.02. The average molecular weight is 372 g/mol. The number of phenols is 1. The van der Waals surface area contributed by atoms with Gasteiger partial charge in [0, 0.05) is 5.92 Å². The number of carbonyl (C=O) groups is 1. The van der Waals surface area contributed by atoms with Gasteiger partial charge in [0.15, 0.2) is 0 Å². The Balaban J connectivity index is 1.67. The van der Waals surface area contributed by atoms with Crippen LogP contribution in [0.25, 0.3) is 0 Å². The minimum absolute atomic E-state index is 0.217. The van der Waals surface area contributed by atoms with Crippen molar-refractivity contribution in [2.75, 3.05) is 0 Å². The summed E-state index contributed by atoms with van der Waals surface area (Å²) in [6, 6.07) is 3.66.